The van der Waals surface area contributed by atoms with Crippen molar-refractivity contribution in [2.45, 2.75) is 87.8 Å². The first kappa shape index (κ1) is 13.4. The molecule has 0 aromatic carbocycles. The van der Waals surface area contributed by atoms with Crippen molar-refractivity contribution in [2.75, 3.05) is 0 Å². The van der Waals surface area contributed by atoms with Gasteiger partial charge in [-0.1, -0.05) is 77.2 Å². The van der Waals surface area contributed by atoms with Crippen molar-refractivity contribution in [3.63, 3.8) is 0 Å². The minimum atomic E-state index is -0.609. The van der Waals surface area contributed by atoms with E-state index in [1.54, 1.807) is 25.7 Å². The van der Waals surface area contributed by atoms with Crippen LogP contribution >= 0.6 is 0 Å². The van der Waals surface area contributed by atoms with Crippen molar-refractivity contribution in [1.29, 1.82) is 0 Å². The molecule has 0 N–H and O–H groups in total. The Morgan fingerprint density at radius 3 is 1.65 bits per heavy atom. The fraction of sp³-hybridized carbons (Fsp3) is 0.875. The molecule has 0 nitrogen and oxygen atoms in total. The van der Waals surface area contributed by atoms with E-state index in [-0.39, 0.29) is 0 Å². The molecule has 0 radical (unpaired) electrons. The van der Waals surface area contributed by atoms with Crippen LogP contribution in [-0.2, 0) is 0 Å². The zero-order chi connectivity index (χ0) is 12.1. The average Bonchev–Trinajstić information content (AvgIpc) is 2.41. The second-order valence-electron chi connectivity index (χ2n) is 6.47. The molecule has 2 aliphatic carbocycles. The highest BCUT2D eigenvalue weighted by Crippen LogP contribution is 2.45. The van der Waals surface area contributed by atoms with Crippen molar-refractivity contribution in [3.8, 4) is 0 Å². The first-order chi connectivity index (χ1) is 8.33. The SMILES string of the molecule is C=CC(C)[SiH](C1CCCCC1)C1CCCCC1. The smallest absolute Gasteiger partial charge is 0.0499 e. The molecule has 2 rings (SSSR count). The molecule has 2 aliphatic rings. The molecule has 1 heteroatoms. The number of allylic oxidation sites excluding steroid dienone is 1. The van der Waals surface area contributed by atoms with E-state index in [0.29, 0.717) is 0 Å². The van der Waals surface area contributed by atoms with Gasteiger partial charge >= 0.3 is 0 Å². The molecular formula is C16H30Si. The highest BCUT2D eigenvalue weighted by molar-refractivity contribution is 6.64. The van der Waals surface area contributed by atoms with Crippen LogP contribution < -0.4 is 0 Å². The molecule has 98 valence electrons. The van der Waals surface area contributed by atoms with Crippen molar-refractivity contribution in [3.05, 3.63) is 12.7 Å². The molecule has 0 aromatic heterocycles. The monoisotopic (exact) mass is 250 g/mol. The Balaban J connectivity index is 2.02. The van der Waals surface area contributed by atoms with Crippen LogP contribution in [0.3, 0.4) is 0 Å². The van der Waals surface area contributed by atoms with Gasteiger partial charge in [0, 0.05) is 8.80 Å². The zero-order valence-electron chi connectivity index (χ0n) is 11.7. The summed E-state index contributed by atoms with van der Waals surface area (Å²) in [5.74, 6) is 0. The summed E-state index contributed by atoms with van der Waals surface area (Å²) >= 11 is 0. The average molecular weight is 251 g/mol. The summed E-state index contributed by atoms with van der Waals surface area (Å²) in [5.41, 5.74) is 3.18. The zero-order valence-corrected chi connectivity index (χ0v) is 12.8. The molecule has 2 saturated carbocycles. The van der Waals surface area contributed by atoms with Crippen LogP contribution in [0, 0.1) is 0 Å². The van der Waals surface area contributed by atoms with E-state index < -0.39 is 8.80 Å². The molecule has 0 amide bonds. The van der Waals surface area contributed by atoms with Gasteiger partial charge in [-0.15, -0.1) is 6.58 Å². The topological polar surface area (TPSA) is 0 Å². The highest BCUT2D eigenvalue weighted by atomic mass is 28.3. The van der Waals surface area contributed by atoms with Gasteiger partial charge in [0.2, 0.25) is 0 Å². The predicted octanol–water partition coefficient (Wildman–Crippen LogP) is 5.46. The van der Waals surface area contributed by atoms with E-state index in [9.17, 15) is 0 Å². The van der Waals surface area contributed by atoms with Crippen molar-refractivity contribution in [1.82, 2.24) is 0 Å². The normalized spacial score (nSPS) is 26.0. The lowest BCUT2D eigenvalue weighted by molar-refractivity contribution is 0.458. The van der Waals surface area contributed by atoms with Gasteiger partial charge in [-0.05, 0) is 16.6 Å². The summed E-state index contributed by atoms with van der Waals surface area (Å²) in [4.78, 5) is 0. The molecule has 1 unspecified atom stereocenters. The maximum atomic E-state index is 4.11. The van der Waals surface area contributed by atoms with Gasteiger partial charge in [0.15, 0.2) is 0 Å². The largest absolute Gasteiger partial charge is 0.103 e. The summed E-state index contributed by atoms with van der Waals surface area (Å²) in [6.45, 7) is 6.59. The Bertz CT molecular complexity index is 206. The Morgan fingerprint density at radius 2 is 1.29 bits per heavy atom. The van der Waals surface area contributed by atoms with Gasteiger partial charge in [-0.25, -0.2) is 0 Å². The van der Waals surface area contributed by atoms with E-state index in [4.69, 9.17) is 0 Å². The van der Waals surface area contributed by atoms with Crippen molar-refractivity contribution in [2.24, 2.45) is 0 Å². The maximum Gasteiger partial charge on any atom is 0.0499 e. The number of rotatable bonds is 4. The van der Waals surface area contributed by atoms with Crippen LogP contribution in [0.2, 0.25) is 16.6 Å². The Kier molecular flexibility index (Phi) is 5.34. The maximum absolute atomic E-state index is 4.11. The molecule has 0 aliphatic heterocycles. The van der Waals surface area contributed by atoms with Gasteiger partial charge < -0.3 is 0 Å². The third-order valence-corrected chi connectivity index (χ3v) is 10.4. The highest BCUT2D eigenvalue weighted by Gasteiger charge is 2.34. The third kappa shape index (κ3) is 3.46. The first-order valence-corrected chi connectivity index (χ1v) is 9.95. The fourth-order valence-electron chi connectivity index (χ4n) is 4.44. The summed E-state index contributed by atoms with van der Waals surface area (Å²) in [6, 6.07) is 0. The Labute approximate surface area is 109 Å². The van der Waals surface area contributed by atoms with Gasteiger partial charge in [-0.2, -0.15) is 0 Å². The van der Waals surface area contributed by atoms with Crippen LogP contribution in [0.1, 0.15) is 71.1 Å². The molecule has 2 fully saturated rings. The van der Waals surface area contributed by atoms with Gasteiger partial charge in [-0.3, -0.25) is 0 Å². The van der Waals surface area contributed by atoms with Gasteiger partial charge in [0.25, 0.3) is 0 Å². The van der Waals surface area contributed by atoms with Crippen LogP contribution in [0.15, 0.2) is 12.7 Å². The van der Waals surface area contributed by atoms with Gasteiger partial charge in [0.1, 0.15) is 0 Å². The lowest BCUT2D eigenvalue weighted by Crippen LogP contribution is -2.33. The summed E-state index contributed by atoms with van der Waals surface area (Å²) in [5, 5.41) is 0. The van der Waals surface area contributed by atoms with Crippen molar-refractivity contribution >= 4 is 8.80 Å². The molecular weight excluding hydrogens is 220 g/mol. The molecule has 1 atom stereocenters. The third-order valence-electron chi connectivity index (χ3n) is 5.37. The summed E-state index contributed by atoms with van der Waals surface area (Å²) in [6.07, 6.45) is 17.6. The van der Waals surface area contributed by atoms with E-state index in [2.05, 4.69) is 19.6 Å². The quantitative estimate of drug-likeness (QED) is 0.459. The first-order valence-electron chi connectivity index (χ1n) is 7.95. The molecule has 0 heterocycles. The number of hydrogen-bond acceptors (Lipinski definition) is 0. The van der Waals surface area contributed by atoms with E-state index in [1.807, 2.05) is 0 Å². The van der Waals surface area contributed by atoms with E-state index in [1.165, 1.54) is 38.5 Å². The summed E-state index contributed by atoms with van der Waals surface area (Å²) in [7, 11) is -0.609. The second kappa shape index (κ2) is 6.77. The van der Waals surface area contributed by atoms with E-state index in [0.717, 1.165) is 16.6 Å². The minimum absolute atomic E-state index is 0.609. The van der Waals surface area contributed by atoms with Gasteiger partial charge in [0.05, 0.1) is 0 Å². The van der Waals surface area contributed by atoms with Crippen molar-refractivity contribution < 1.29 is 0 Å². The molecule has 0 saturated heterocycles. The van der Waals surface area contributed by atoms with Crippen LogP contribution in [-0.4, -0.2) is 8.80 Å². The molecule has 0 bridgehead atoms. The number of hydrogen-bond donors (Lipinski definition) is 0. The lowest BCUT2D eigenvalue weighted by atomic mass is 9.99. The fourth-order valence-corrected chi connectivity index (χ4v) is 9.72. The van der Waals surface area contributed by atoms with Crippen LogP contribution in [0.4, 0.5) is 0 Å². The molecule has 0 aromatic rings. The van der Waals surface area contributed by atoms with E-state index >= 15 is 0 Å². The van der Waals surface area contributed by atoms with Crippen LogP contribution in [0.25, 0.3) is 0 Å². The second-order valence-corrected chi connectivity index (χ2v) is 10.6. The standard InChI is InChI=1S/C16H30Si/c1-3-14(2)17(15-10-6-4-7-11-15)16-12-8-5-9-13-16/h3,14-17H,1,4-13H2,2H3. The predicted molar refractivity (Wildman–Crippen MR) is 80.4 cm³/mol. The molecule has 0 spiro atoms. The van der Waals surface area contributed by atoms with Crippen LogP contribution in [0.5, 0.6) is 0 Å². The summed E-state index contributed by atoms with van der Waals surface area (Å²) < 4.78 is 0. The Hall–Kier alpha value is -0.0431. The molecule has 17 heavy (non-hydrogen) atoms. The Morgan fingerprint density at radius 1 is 0.882 bits per heavy atom. The minimum Gasteiger partial charge on any atom is -0.103 e. The lowest BCUT2D eigenvalue weighted by Gasteiger charge is -2.39.